The monoisotopic (exact) mass is 525 g/mol. The largest absolute Gasteiger partial charge is 0.488 e. The number of hydrogen-bond acceptors (Lipinski definition) is 13. The van der Waals surface area contributed by atoms with Gasteiger partial charge >= 0.3 is 11.5 Å². The summed E-state index contributed by atoms with van der Waals surface area (Å²) < 4.78 is 1.18. The summed E-state index contributed by atoms with van der Waals surface area (Å²) in [7, 11) is 1.46. The Balaban J connectivity index is 1.48. The van der Waals surface area contributed by atoms with Crippen LogP contribution < -0.4 is 16.6 Å². The second kappa shape index (κ2) is 9.07. The number of aliphatic carboxylic acids is 1. The van der Waals surface area contributed by atoms with Gasteiger partial charge in [-0.05, 0) is 5.57 Å². The molecule has 4 rings (SSSR count). The van der Waals surface area contributed by atoms with Crippen LogP contribution in [0.1, 0.15) is 10.5 Å². The molecule has 0 aromatic carbocycles. The van der Waals surface area contributed by atoms with Crippen LogP contribution in [0.2, 0.25) is 0 Å². The van der Waals surface area contributed by atoms with E-state index < -0.39 is 46.4 Å². The first kappa shape index (κ1) is 23.7. The van der Waals surface area contributed by atoms with E-state index in [-0.39, 0.29) is 33.2 Å². The summed E-state index contributed by atoms with van der Waals surface area (Å²) in [6, 6.07) is -1.08. The Morgan fingerprint density at radius 2 is 2.06 bits per heavy atom. The van der Waals surface area contributed by atoms with E-state index in [1.165, 1.54) is 28.9 Å². The molecule has 2 aromatic rings. The van der Waals surface area contributed by atoms with E-state index in [9.17, 15) is 34.2 Å². The van der Waals surface area contributed by atoms with Crippen molar-refractivity contribution < 1.29 is 29.4 Å². The maximum Gasteiger partial charge on any atom is 0.352 e. The van der Waals surface area contributed by atoms with E-state index in [4.69, 9.17) is 5.73 Å². The first-order valence-corrected chi connectivity index (χ1v) is 12.2. The molecule has 1 fully saturated rings. The van der Waals surface area contributed by atoms with Crippen LogP contribution in [0, 0.1) is 0 Å². The summed E-state index contributed by atoms with van der Waals surface area (Å²) in [5, 5.41) is 25.9. The zero-order chi connectivity index (χ0) is 24.7. The van der Waals surface area contributed by atoms with Gasteiger partial charge in [0, 0.05) is 23.9 Å². The highest BCUT2D eigenvalue weighted by Crippen LogP contribution is 2.41. The zero-order valence-electron chi connectivity index (χ0n) is 17.1. The third-order valence-corrected chi connectivity index (χ3v) is 7.90. The summed E-state index contributed by atoms with van der Waals surface area (Å²) in [6.45, 7) is 0. The number of aromatic nitrogens is 4. The summed E-state index contributed by atoms with van der Waals surface area (Å²) in [5.74, 6) is -4.47. The first-order chi connectivity index (χ1) is 16.1. The number of carbonyl (C=O) groups excluding carboxylic acids is 3. The predicted octanol–water partition coefficient (Wildman–Crippen LogP) is -1.37. The van der Waals surface area contributed by atoms with E-state index in [1.807, 2.05) is 0 Å². The van der Waals surface area contributed by atoms with Crippen molar-refractivity contribution in [3.8, 4) is 5.88 Å². The van der Waals surface area contributed by atoms with Crippen LogP contribution >= 0.6 is 34.9 Å². The van der Waals surface area contributed by atoms with Gasteiger partial charge in [0.1, 0.15) is 22.8 Å². The van der Waals surface area contributed by atoms with Crippen molar-refractivity contribution in [3.63, 3.8) is 0 Å². The van der Waals surface area contributed by atoms with E-state index in [1.54, 1.807) is 0 Å². The standard InChI is InChI=1S/C17H15N7O7S3/c1-23-17(21-11(27)12(28)22-23)34-3-5-2-32-14-7(13(29)24(14)8(5)15(30)31)20-10(26)9(25)6-4-33-16(18)19-6/h4,7,14H,2-3H2,1H3,(H2,18,19)(H,20,26)(H,22,28)(H,30,31)/t7?,14-/m0/s1. The molecule has 0 spiro atoms. The van der Waals surface area contributed by atoms with Crippen molar-refractivity contribution in [2.75, 3.05) is 17.2 Å². The van der Waals surface area contributed by atoms with Gasteiger partial charge in [0.25, 0.3) is 23.5 Å². The third kappa shape index (κ3) is 4.24. The number of fused-ring (bicyclic) bond motifs is 1. The second-order valence-electron chi connectivity index (χ2n) is 6.95. The number of nitrogens with zero attached hydrogens (tertiary/aromatic N) is 5. The number of Topliss-reactive ketones (excluding diaryl/α,β-unsaturated/α-hetero) is 1. The minimum absolute atomic E-state index is 0.0820. The highest BCUT2D eigenvalue weighted by Gasteiger charge is 2.54. The van der Waals surface area contributed by atoms with Gasteiger partial charge in [-0.2, -0.15) is 4.98 Å². The molecule has 2 amide bonds. The number of carboxylic acids is 1. The summed E-state index contributed by atoms with van der Waals surface area (Å²) in [5.41, 5.74) is 4.57. The summed E-state index contributed by atoms with van der Waals surface area (Å²) in [4.78, 5) is 69.2. The van der Waals surface area contributed by atoms with Crippen LogP contribution in [0.4, 0.5) is 5.13 Å². The second-order valence-corrected chi connectivity index (χ2v) is 9.89. The molecule has 0 bridgehead atoms. The average Bonchev–Trinajstić information content (AvgIpc) is 3.23. The molecular weight excluding hydrogens is 510 g/mol. The van der Waals surface area contributed by atoms with Crippen molar-refractivity contribution in [2.24, 2.45) is 7.05 Å². The fourth-order valence-corrected chi connectivity index (χ4v) is 6.16. The maximum atomic E-state index is 12.7. The quantitative estimate of drug-likeness (QED) is 0.142. The Morgan fingerprint density at radius 1 is 1.32 bits per heavy atom. The molecule has 1 unspecified atom stereocenters. The predicted molar refractivity (Wildman–Crippen MR) is 120 cm³/mol. The fourth-order valence-electron chi connectivity index (χ4n) is 3.22. The number of β-lactam (4-membered cyclic amide) rings is 1. The number of ketones is 1. The lowest BCUT2D eigenvalue weighted by Crippen LogP contribution is -2.71. The SMILES string of the molecule is Cn1nc(O)c(=O)nc1SCC1=C(C(=O)O)N2C(=O)C(NC(=O)C(=O)c3csc(N)n3)[C@@H]2SC1. The summed E-state index contributed by atoms with van der Waals surface area (Å²) >= 11 is 3.23. The number of thioether (sulfide) groups is 2. The number of amides is 2. The fraction of sp³-hybridized carbons (Fsp3) is 0.294. The zero-order valence-corrected chi connectivity index (χ0v) is 19.6. The Bertz CT molecular complexity index is 1320. The third-order valence-electron chi connectivity index (χ3n) is 4.78. The molecule has 0 saturated carbocycles. The lowest BCUT2D eigenvalue weighted by atomic mass is 10.0. The number of thiazole rings is 1. The Morgan fingerprint density at radius 3 is 2.71 bits per heavy atom. The first-order valence-electron chi connectivity index (χ1n) is 9.31. The summed E-state index contributed by atoms with van der Waals surface area (Å²) in [6.07, 6.45) is 0. The molecule has 0 aliphatic carbocycles. The van der Waals surface area contributed by atoms with Gasteiger partial charge in [0.2, 0.25) is 0 Å². The molecular formula is C17H15N7O7S3. The Kier molecular flexibility index (Phi) is 6.32. The number of carbonyl (C=O) groups is 4. The number of carboxylic acid groups (broad SMARTS) is 1. The minimum atomic E-state index is -1.33. The molecule has 17 heteroatoms. The normalized spacial score (nSPS) is 19.4. The van der Waals surface area contributed by atoms with Gasteiger partial charge in [-0.25, -0.2) is 14.5 Å². The highest BCUT2D eigenvalue weighted by atomic mass is 32.2. The van der Waals surface area contributed by atoms with Gasteiger partial charge in [-0.3, -0.25) is 24.1 Å². The molecule has 4 heterocycles. The molecule has 0 radical (unpaired) electrons. The van der Waals surface area contributed by atoms with Crippen LogP contribution in [0.15, 0.2) is 26.6 Å². The van der Waals surface area contributed by atoms with E-state index in [2.05, 4.69) is 20.4 Å². The number of aryl methyl sites for hydroxylation is 1. The molecule has 2 aromatic heterocycles. The molecule has 2 atom stereocenters. The van der Waals surface area contributed by atoms with Gasteiger partial charge < -0.3 is 21.3 Å². The molecule has 5 N–H and O–H groups in total. The van der Waals surface area contributed by atoms with E-state index in [0.29, 0.717) is 5.57 Å². The van der Waals surface area contributed by atoms with Crippen molar-refractivity contribution in [1.29, 1.82) is 0 Å². The number of aromatic hydroxyl groups is 1. The van der Waals surface area contributed by atoms with Gasteiger partial charge in [0.05, 0.1) is 0 Å². The van der Waals surface area contributed by atoms with Gasteiger partial charge in [0.15, 0.2) is 10.3 Å². The number of hydrogen-bond donors (Lipinski definition) is 4. The topological polar surface area (TPSA) is 211 Å². The van der Waals surface area contributed by atoms with Gasteiger partial charge in [-0.15, -0.1) is 28.2 Å². The Hall–Kier alpha value is -3.44. The lowest BCUT2D eigenvalue weighted by molar-refractivity contribution is -0.150. The minimum Gasteiger partial charge on any atom is -0.488 e. The number of nitrogens with two attached hydrogens (primary N) is 1. The number of rotatable bonds is 7. The van der Waals surface area contributed by atoms with Crippen LogP contribution in [0.25, 0.3) is 0 Å². The van der Waals surface area contributed by atoms with Crippen molar-refractivity contribution in [3.05, 3.63) is 32.7 Å². The van der Waals surface area contributed by atoms with Crippen LogP contribution in [-0.2, 0) is 21.4 Å². The molecule has 2 aliphatic rings. The van der Waals surface area contributed by atoms with Gasteiger partial charge in [-0.1, -0.05) is 11.8 Å². The van der Waals surface area contributed by atoms with Crippen molar-refractivity contribution in [2.45, 2.75) is 16.6 Å². The van der Waals surface area contributed by atoms with Crippen LogP contribution in [0.5, 0.6) is 5.88 Å². The molecule has 14 nitrogen and oxygen atoms in total. The average molecular weight is 526 g/mol. The maximum absolute atomic E-state index is 12.7. The smallest absolute Gasteiger partial charge is 0.352 e. The number of nitrogens with one attached hydrogen (secondary N) is 1. The molecule has 2 aliphatic heterocycles. The molecule has 34 heavy (non-hydrogen) atoms. The van der Waals surface area contributed by atoms with E-state index in [0.717, 1.165) is 28.0 Å². The molecule has 178 valence electrons. The van der Waals surface area contributed by atoms with Crippen molar-refractivity contribution in [1.82, 2.24) is 30.0 Å². The van der Waals surface area contributed by atoms with Crippen LogP contribution in [0.3, 0.4) is 0 Å². The molecule has 1 saturated heterocycles. The highest BCUT2D eigenvalue weighted by molar-refractivity contribution is 8.01. The van der Waals surface area contributed by atoms with Crippen molar-refractivity contribution >= 4 is 63.6 Å². The number of nitrogen functional groups attached to an aromatic ring is 1. The Labute approximate surface area is 202 Å². The van der Waals surface area contributed by atoms with Crippen LogP contribution in [-0.4, -0.2) is 81.3 Å². The lowest BCUT2D eigenvalue weighted by Gasteiger charge is -2.49. The van der Waals surface area contributed by atoms with E-state index >= 15 is 0 Å². The number of anilines is 1.